The molecule has 5 nitrogen and oxygen atoms in total. The van der Waals surface area contributed by atoms with Crippen LogP contribution in [-0.2, 0) is 0 Å². The van der Waals surface area contributed by atoms with Crippen molar-refractivity contribution < 1.29 is 9.53 Å². The van der Waals surface area contributed by atoms with E-state index in [1.165, 1.54) is 0 Å². The molecule has 0 aliphatic carbocycles. The van der Waals surface area contributed by atoms with Crippen LogP contribution in [0.1, 0.15) is 15.9 Å². The van der Waals surface area contributed by atoms with Crippen LogP contribution >= 0.6 is 23.2 Å². The first kappa shape index (κ1) is 19.5. The zero-order chi connectivity index (χ0) is 19.2. The number of ether oxygens (including phenoxy) is 1. The van der Waals surface area contributed by atoms with Gasteiger partial charge in [-0.25, -0.2) is 0 Å². The highest BCUT2D eigenvalue weighted by molar-refractivity contribution is 6.36. The van der Waals surface area contributed by atoms with Gasteiger partial charge in [-0.2, -0.15) is 5.26 Å². The van der Waals surface area contributed by atoms with Crippen molar-refractivity contribution in [3.8, 4) is 11.8 Å². The van der Waals surface area contributed by atoms with Crippen LogP contribution in [-0.4, -0.2) is 55.0 Å². The Labute approximate surface area is 168 Å². The Balaban J connectivity index is 1.46. The van der Waals surface area contributed by atoms with Crippen molar-refractivity contribution >= 4 is 29.1 Å². The predicted octanol–water partition coefficient (Wildman–Crippen LogP) is 3.70. The van der Waals surface area contributed by atoms with Crippen LogP contribution in [0.3, 0.4) is 0 Å². The maximum Gasteiger partial charge on any atom is 0.255 e. The number of piperazine rings is 1. The summed E-state index contributed by atoms with van der Waals surface area (Å²) >= 11 is 12.0. The van der Waals surface area contributed by atoms with Gasteiger partial charge in [-0.15, -0.1) is 0 Å². The second-order valence-corrected chi connectivity index (χ2v) is 7.09. The molecule has 1 aliphatic heterocycles. The van der Waals surface area contributed by atoms with Gasteiger partial charge in [0.2, 0.25) is 0 Å². The highest BCUT2D eigenvalue weighted by Gasteiger charge is 2.23. The van der Waals surface area contributed by atoms with E-state index in [0.29, 0.717) is 46.6 Å². The molecule has 0 unspecified atom stereocenters. The first-order valence-corrected chi connectivity index (χ1v) is 9.42. The monoisotopic (exact) mass is 403 g/mol. The average Bonchev–Trinajstić information content (AvgIpc) is 2.68. The number of rotatable bonds is 5. The Morgan fingerprint density at radius 1 is 1.11 bits per heavy atom. The summed E-state index contributed by atoms with van der Waals surface area (Å²) in [5.41, 5.74) is 1.07. The third-order valence-electron chi connectivity index (χ3n) is 4.46. The van der Waals surface area contributed by atoms with E-state index in [4.69, 9.17) is 33.2 Å². The molecule has 3 rings (SSSR count). The van der Waals surface area contributed by atoms with E-state index in [-0.39, 0.29) is 5.91 Å². The Kier molecular flexibility index (Phi) is 6.57. The van der Waals surface area contributed by atoms with Crippen LogP contribution in [0, 0.1) is 11.3 Å². The van der Waals surface area contributed by atoms with E-state index >= 15 is 0 Å². The predicted molar refractivity (Wildman–Crippen MR) is 105 cm³/mol. The molecular weight excluding hydrogens is 385 g/mol. The molecule has 0 atom stereocenters. The van der Waals surface area contributed by atoms with Crippen LogP contribution < -0.4 is 4.74 Å². The molecule has 0 N–H and O–H groups in total. The van der Waals surface area contributed by atoms with Gasteiger partial charge in [0.15, 0.2) is 0 Å². The lowest BCUT2D eigenvalue weighted by atomic mass is 10.2. The van der Waals surface area contributed by atoms with Gasteiger partial charge in [-0.05, 0) is 36.4 Å². The van der Waals surface area contributed by atoms with E-state index in [9.17, 15) is 4.79 Å². The fourth-order valence-electron chi connectivity index (χ4n) is 2.96. The van der Waals surface area contributed by atoms with E-state index in [2.05, 4.69) is 11.0 Å². The van der Waals surface area contributed by atoms with E-state index < -0.39 is 0 Å². The molecular formula is C20H19Cl2N3O2. The van der Waals surface area contributed by atoms with Gasteiger partial charge in [-0.1, -0.05) is 29.3 Å². The maximum absolute atomic E-state index is 12.6. The van der Waals surface area contributed by atoms with Crippen molar-refractivity contribution in [2.24, 2.45) is 0 Å². The summed E-state index contributed by atoms with van der Waals surface area (Å²) in [6, 6.07) is 14.2. The summed E-state index contributed by atoms with van der Waals surface area (Å²) in [6.45, 7) is 4.13. The van der Waals surface area contributed by atoms with Crippen molar-refractivity contribution in [3.05, 3.63) is 63.6 Å². The quantitative estimate of drug-likeness (QED) is 0.763. The molecule has 0 bridgehead atoms. The minimum atomic E-state index is -0.0686. The lowest BCUT2D eigenvalue weighted by molar-refractivity contribution is 0.0620. The minimum absolute atomic E-state index is 0.0686. The van der Waals surface area contributed by atoms with Gasteiger partial charge >= 0.3 is 0 Å². The molecule has 2 aromatic rings. The number of hydrogen-bond donors (Lipinski definition) is 0. The molecule has 0 radical (unpaired) electrons. The smallest absolute Gasteiger partial charge is 0.255 e. The van der Waals surface area contributed by atoms with Gasteiger partial charge in [0, 0.05) is 37.7 Å². The van der Waals surface area contributed by atoms with E-state index in [1.54, 1.807) is 36.4 Å². The number of halogens is 2. The molecule has 0 saturated carbocycles. The Morgan fingerprint density at radius 2 is 1.89 bits per heavy atom. The molecule has 1 aliphatic rings. The van der Waals surface area contributed by atoms with Crippen LogP contribution in [0.25, 0.3) is 0 Å². The van der Waals surface area contributed by atoms with Crippen molar-refractivity contribution in [2.75, 3.05) is 39.3 Å². The fraction of sp³-hybridized carbons (Fsp3) is 0.300. The molecule has 1 fully saturated rings. The topological polar surface area (TPSA) is 56.6 Å². The van der Waals surface area contributed by atoms with Crippen LogP contribution in [0.4, 0.5) is 0 Å². The highest BCUT2D eigenvalue weighted by Crippen LogP contribution is 2.23. The summed E-state index contributed by atoms with van der Waals surface area (Å²) in [7, 11) is 0. The minimum Gasteiger partial charge on any atom is -0.492 e. The summed E-state index contributed by atoms with van der Waals surface area (Å²) in [5.74, 6) is 0.626. The second-order valence-electron chi connectivity index (χ2n) is 6.25. The Bertz CT molecular complexity index is 859. The van der Waals surface area contributed by atoms with Crippen molar-refractivity contribution in [3.63, 3.8) is 0 Å². The summed E-state index contributed by atoms with van der Waals surface area (Å²) in [4.78, 5) is 16.7. The normalized spacial score (nSPS) is 14.6. The SMILES string of the molecule is N#Cc1cccc(OCCN2CCN(C(=O)c3ccc(Cl)cc3Cl)CC2)c1. The Morgan fingerprint density at radius 3 is 2.59 bits per heavy atom. The van der Waals surface area contributed by atoms with Gasteiger partial charge in [0.25, 0.3) is 5.91 Å². The lowest BCUT2D eigenvalue weighted by Crippen LogP contribution is -2.49. The van der Waals surface area contributed by atoms with Crippen LogP contribution in [0.15, 0.2) is 42.5 Å². The largest absolute Gasteiger partial charge is 0.492 e. The summed E-state index contributed by atoms with van der Waals surface area (Å²) in [5, 5.41) is 9.81. The van der Waals surface area contributed by atoms with E-state index in [0.717, 1.165) is 19.6 Å². The molecule has 1 heterocycles. The molecule has 1 saturated heterocycles. The maximum atomic E-state index is 12.6. The number of nitriles is 1. The molecule has 140 valence electrons. The number of hydrogen-bond acceptors (Lipinski definition) is 4. The summed E-state index contributed by atoms with van der Waals surface area (Å²) < 4.78 is 5.72. The van der Waals surface area contributed by atoms with Gasteiger partial charge < -0.3 is 9.64 Å². The average molecular weight is 404 g/mol. The number of amides is 1. The van der Waals surface area contributed by atoms with Crippen molar-refractivity contribution in [1.82, 2.24) is 9.80 Å². The van der Waals surface area contributed by atoms with Crippen molar-refractivity contribution in [1.29, 1.82) is 5.26 Å². The molecule has 1 amide bonds. The number of carbonyl (C=O) groups is 1. The first-order valence-electron chi connectivity index (χ1n) is 8.66. The third kappa shape index (κ3) is 5.14. The number of benzene rings is 2. The molecule has 0 spiro atoms. The van der Waals surface area contributed by atoms with Gasteiger partial charge in [0.1, 0.15) is 12.4 Å². The number of nitrogens with zero attached hydrogens (tertiary/aromatic N) is 3. The first-order chi connectivity index (χ1) is 13.1. The zero-order valence-corrected chi connectivity index (χ0v) is 16.2. The lowest BCUT2D eigenvalue weighted by Gasteiger charge is -2.34. The van der Waals surface area contributed by atoms with Crippen LogP contribution in [0.2, 0.25) is 10.0 Å². The highest BCUT2D eigenvalue weighted by atomic mass is 35.5. The number of carbonyl (C=O) groups excluding carboxylic acids is 1. The molecule has 27 heavy (non-hydrogen) atoms. The standard InChI is InChI=1S/C20H19Cl2N3O2/c21-16-4-5-18(19(22)13-16)20(26)25-8-6-24(7-9-25)10-11-27-17-3-1-2-15(12-17)14-23/h1-5,12-13H,6-11H2. The second kappa shape index (κ2) is 9.09. The fourth-order valence-corrected chi connectivity index (χ4v) is 3.45. The van der Waals surface area contributed by atoms with Gasteiger partial charge in [0.05, 0.1) is 22.2 Å². The van der Waals surface area contributed by atoms with Gasteiger partial charge in [-0.3, -0.25) is 9.69 Å². The molecule has 2 aromatic carbocycles. The molecule has 0 aromatic heterocycles. The van der Waals surface area contributed by atoms with Crippen LogP contribution in [0.5, 0.6) is 5.75 Å². The van der Waals surface area contributed by atoms with E-state index in [1.807, 2.05) is 11.0 Å². The van der Waals surface area contributed by atoms with Crippen molar-refractivity contribution in [2.45, 2.75) is 0 Å². The third-order valence-corrected chi connectivity index (χ3v) is 5.01. The molecule has 7 heteroatoms. The zero-order valence-electron chi connectivity index (χ0n) is 14.7. The Hall–Kier alpha value is -2.26. The summed E-state index contributed by atoms with van der Waals surface area (Å²) in [6.07, 6.45) is 0.